The summed E-state index contributed by atoms with van der Waals surface area (Å²) in [5.41, 5.74) is -0.638. The van der Waals surface area contributed by atoms with Gasteiger partial charge in [0.25, 0.3) is 0 Å². The molecular formula is C30H41NO8. The number of allylic oxidation sites excluding steroid dienone is 1. The second kappa shape index (κ2) is 10.1. The summed E-state index contributed by atoms with van der Waals surface area (Å²) in [6, 6.07) is 0.239. The molecule has 4 aliphatic carbocycles. The minimum atomic E-state index is -1.19. The normalized spacial score (nSPS) is 37.8. The van der Waals surface area contributed by atoms with Gasteiger partial charge in [0.1, 0.15) is 12.2 Å². The van der Waals surface area contributed by atoms with Crippen LogP contribution in [0, 0.1) is 16.7 Å². The van der Waals surface area contributed by atoms with Crippen molar-refractivity contribution in [2.75, 3.05) is 20.8 Å². The van der Waals surface area contributed by atoms with Crippen LogP contribution in [0.1, 0.15) is 72.1 Å². The summed E-state index contributed by atoms with van der Waals surface area (Å²) in [6.07, 6.45) is 6.10. The fourth-order valence-electron chi connectivity index (χ4n) is 8.07. The molecule has 3 fully saturated rings. The zero-order valence-electron chi connectivity index (χ0n) is 23.6. The molecule has 9 nitrogen and oxygen atoms in total. The largest absolute Gasteiger partial charge is 0.504 e. The third-order valence-corrected chi connectivity index (χ3v) is 10.1. The highest BCUT2D eigenvalue weighted by Crippen LogP contribution is 2.63. The van der Waals surface area contributed by atoms with Gasteiger partial charge in [-0.3, -0.25) is 9.59 Å². The lowest BCUT2D eigenvalue weighted by Crippen LogP contribution is -2.57. The number of rotatable bonds is 5. The lowest BCUT2D eigenvalue weighted by atomic mass is 9.53. The molecule has 6 atom stereocenters. The minimum Gasteiger partial charge on any atom is -0.504 e. The van der Waals surface area contributed by atoms with Gasteiger partial charge in [0.15, 0.2) is 5.76 Å². The lowest BCUT2D eigenvalue weighted by Gasteiger charge is -2.54. The number of fused-ring (bicyclic) bond motifs is 4. The van der Waals surface area contributed by atoms with Crippen LogP contribution in [0.2, 0.25) is 0 Å². The predicted octanol–water partition coefficient (Wildman–Crippen LogP) is 3.52. The van der Waals surface area contributed by atoms with Crippen molar-refractivity contribution >= 4 is 17.7 Å². The van der Waals surface area contributed by atoms with Crippen LogP contribution in [-0.4, -0.2) is 78.0 Å². The fourth-order valence-corrected chi connectivity index (χ4v) is 8.07. The van der Waals surface area contributed by atoms with E-state index >= 15 is 0 Å². The van der Waals surface area contributed by atoms with E-state index in [-0.39, 0.29) is 29.7 Å². The Bertz CT molecular complexity index is 1160. The van der Waals surface area contributed by atoms with Crippen LogP contribution in [0.15, 0.2) is 34.3 Å². The quantitative estimate of drug-likeness (QED) is 0.396. The number of aliphatic hydroxyl groups excluding tert-OH is 2. The van der Waals surface area contributed by atoms with E-state index in [1.54, 1.807) is 6.20 Å². The molecule has 0 spiro atoms. The average molecular weight is 544 g/mol. The smallest absolute Gasteiger partial charge is 0.340 e. The number of ketones is 1. The standard InChI is InChI=1S/C30H41NO8/c1-16(32)38-20-13-29(2)19(11-12-21(29)33)23-25(20)30(3)22(15-37-5)39-28(36)18(24(30)27(35)26(23)34)14-31(4)17-9-7-6-8-10-17/h14,17,19-22,33,35H,6-13,15H2,1-5H3/b18-14+/t19?,20-,21+,22-,29+,30+/m1/s1. The molecule has 0 aromatic carbocycles. The Hall–Kier alpha value is -2.65. The van der Waals surface area contributed by atoms with Gasteiger partial charge in [-0.25, -0.2) is 4.79 Å². The first-order valence-electron chi connectivity index (χ1n) is 14.2. The Morgan fingerprint density at radius 2 is 1.85 bits per heavy atom. The molecule has 2 saturated carbocycles. The molecule has 9 heteroatoms. The summed E-state index contributed by atoms with van der Waals surface area (Å²) >= 11 is 0. The van der Waals surface area contributed by atoms with E-state index in [4.69, 9.17) is 14.2 Å². The van der Waals surface area contributed by atoms with Gasteiger partial charge in [-0.1, -0.05) is 26.2 Å². The van der Waals surface area contributed by atoms with Crippen molar-refractivity contribution in [1.29, 1.82) is 0 Å². The van der Waals surface area contributed by atoms with E-state index in [2.05, 4.69) is 0 Å². The molecule has 5 rings (SSSR count). The van der Waals surface area contributed by atoms with Crippen molar-refractivity contribution in [1.82, 2.24) is 4.90 Å². The number of nitrogens with zero attached hydrogens (tertiary/aromatic N) is 1. The molecule has 0 aromatic heterocycles. The van der Waals surface area contributed by atoms with Crippen LogP contribution >= 0.6 is 0 Å². The highest BCUT2D eigenvalue weighted by molar-refractivity contribution is 6.13. The molecule has 1 saturated heterocycles. The third kappa shape index (κ3) is 4.24. The second-order valence-electron chi connectivity index (χ2n) is 12.4. The number of aliphatic hydroxyl groups is 2. The Morgan fingerprint density at radius 1 is 1.15 bits per heavy atom. The molecule has 214 valence electrons. The van der Waals surface area contributed by atoms with E-state index in [1.165, 1.54) is 20.5 Å². The Morgan fingerprint density at radius 3 is 2.49 bits per heavy atom. The molecule has 39 heavy (non-hydrogen) atoms. The van der Waals surface area contributed by atoms with E-state index in [0.717, 1.165) is 25.7 Å². The number of hydrogen-bond donors (Lipinski definition) is 2. The van der Waals surface area contributed by atoms with Gasteiger partial charge in [-0.05, 0) is 50.5 Å². The van der Waals surface area contributed by atoms with Gasteiger partial charge >= 0.3 is 11.9 Å². The van der Waals surface area contributed by atoms with E-state index in [0.29, 0.717) is 30.4 Å². The molecular weight excluding hydrogens is 502 g/mol. The Balaban J connectivity index is 1.71. The number of esters is 2. The number of hydrogen-bond acceptors (Lipinski definition) is 9. The number of carbonyl (C=O) groups is 3. The first-order chi connectivity index (χ1) is 18.4. The Labute approximate surface area is 229 Å². The lowest BCUT2D eigenvalue weighted by molar-refractivity contribution is -0.161. The molecule has 5 aliphatic rings. The second-order valence-corrected chi connectivity index (χ2v) is 12.4. The average Bonchev–Trinajstić information content (AvgIpc) is 3.18. The fraction of sp³-hybridized carbons (Fsp3) is 0.700. The van der Waals surface area contributed by atoms with Crippen molar-refractivity contribution in [3.8, 4) is 0 Å². The summed E-state index contributed by atoms with van der Waals surface area (Å²) in [5.74, 6) is -2.53. The first-order valence-corrected chi connectivity index (χ1v) is 14.2. The topological polar surface area (TPSA) is 123 Å². The number of cyclic esters (lactones) is 1. The summed E-state index contributed by atoms with van der Waals surface area (Å²) in [6.45, 7) is 5.10. The maximum absolute atomic E-state index is 14.1. The molecule has 0 bridgehead atoms. The van der Waals surface area contributed by atoms with Gasteiger partial charge in [0.2, 0.25) is 5.78 Å². The minimum absolute atomic E-state index is 0.0209. The van der Waals surface area contributed by atoms with Crippen LogP contribution in [-0.2, 0) is 28.6 Å². The van der Waals surface area contributed by atoms with E-state index < -0.39 is 52.6 Å². The summed E-state index contributed by atoms with van der Waals surface area (Å²) in [4.78, 5) is 41.9. The van der Waals surface area contributed by atoms with E-state index in [1.807, 2.05) is 25.8 Å². The summed E-state index contributed by atoms with van der Waals surface area (Å²) in [7, 11) is 3.41. The van der Waals surface area contributed by atoms with Crippen LogP contribution < -0.4 is 0 Å². The van der Waals surface area contributed by atoms with Crippen molar-refractivity contribution in [2.45, 2.75) is 96.5 Å². The van der Waals surface area contributed by atoms with E-state index in [9.17, 15) is 24.6 Å². The highest BCUT2D eigenvalue weighted by Gasteiger charge is 2.64. The molecule has 2 N–H and O–H groups in total. The Kier molecular flexibility index (Phi) is 7.21. The van der Waals surface area contributed by atoms with Crippen LogP contribution in [0.3, 0.4) is 0 Å². The van der Waals surface area contributed by atoms with Crippen molar-refractivity contribution in [2.24, 2.45) is 16.7 Å². The van der Waals surface area contributed by atoms with Crippen LogP contribution in [0.4, 0.5) is 0 Å². The highest BCUT2D eigenvalue weighted by atomic mass is 16.6. The van der Waals surface area contributed by atoms with Gasteiger partial charge in [0, 0.05) is 49.9 Å². The zero-order chi connectivity index (χ0) is 28.3. The number of methoxy groups -OCH3 is 1. The maximum Gasteiger partial charge on any atom is 0.340 e. The van der Waals surface area contributed by atoms with Crippen LogP contribution in [0.5, 0.6) is 0 Å². The zero-order valence-corrected chi connectivity index (χ0v) is 23.6. The summed E-state index contributed by atoms with van der Waals surface area (Å²) < 4.78 is 17.3. The van der Waals surface area contributed by atoms with Gasteiger partial charge in [-0.15, -0.1) is 0 Å². The molecule has 1 unspecified atom stereocenters. The van der Waals surface area contributed by atoms with Gasteiger partial charge < -0.3 is 29.3 Å². The third-order valence-electron chi connectivity index (χ3n) is 10.1. The van der Waals surface area contributed by atoms with Gasteiger partial charge in [-0.2, -0.15) is 0 Å². The van der Waals surface area contributed by atoms with Crippen molar-refractivity contribution in [3.63, 3.8) is 0 Å². The van der Waals surface area contributed by atoms with Crippen LogP contribution in [0.25, 0.3) is 0 Å². The number of carbonyl (C=O) groups excluding carboxylic acids is 3. The number of ether oxygens (including phenoxy) is 3. The monoisotopic (exact) mass is 543 g/mol. The molecule has 0 radical (unpaired) electrons. The molecule has 1 aliphatic heterocycles. The predicted molar refractivity (Wildman–Crippen MR) is 141 cm³/mol. The molecule has 0 aromatic rings. The van der Waals surface area contributed by atoms with Crippen molar-refractivity contribution in [3.05, 3.63) is 34.3 Å². The SMILES string of the molecule is COC[C@H]1OC(=O)/C(=C/N(C)C2CCCCC2)C2=C(O)C(=O)C3=C([C@H](OC(C)=O)C[C@@]4(C)C3CC[C@@H]4O)[C@]21C. The number of Topliss-reactive ketones (excluding diaryl/α,β-unsaturated/α-hetero) is 1. The molecule has 0 amide bonds. The summed E-state index contributed by atoms with van der Waals surface area (Å²) in [5, 5.41) is 22.6. The van der Waals surface area contributed by atoms with Crippen molar-refractivity contribution < 1.29 is 38.8 Å². The molecule has 1 heterocycles. The maximum atomic E-state index is 14.1. The first kappa shape index (κ1) is 27.9. The van der Waals surface area contributed by atoms with Gasteiger partial charge in [0.05, 0.1) is 23.7 Å².